The SMILES string of the molecule is CC/C=C\C/C=C\C/C=C\C/C=C\CCCCCCCCCCCCCCCCC(=O)OCC(COC(=O)CCCCCCCCCCCCC)OC(=O)CCCCCCCCCCCCC/C=C\CCCCCCCCCC. The van der Waals surface area contributed by atoms with Crippen molar-refractivity contribution in [3.05, 3.63) is 60.8 Å². The van der Waals surface area contributed by atoms with Crippen LogP contribution in [0.1, 0.15) is 367 Å². The third kappa shape index (κ3) is 65.8. The quantitative estimate of drug-likeness (QED) is 0.0261. The van der Waals surface area contributed by atoms with Crippen LogP contribution in [0.3, 0.4) is 0 Å². The van der Waals surface area contributed by atoms with Crippen LogP contribution in [0, 0.1) is 0 Å². The molecule has 0 aliphatic heterocycles. The monoisotopic (exact) mass is 1110 g/mol. The predicted octanol–water partition coefficient (Wildman–Crippen LogP) is 23.9. The summed E-state index contributed by atoms with van der Waals surface area (Å²) in [7, 11) is 0. The number of carbonyl (C=O) groups is 3. The Morgan fingerprint density at radius 2 is 0.494 bits per heavy atom. The summed E-state index contributed by atoms with van der Waals surface area (Å²) in [4.78, 5) is 38.4. The highest BCUT2D eigenvalue weighted by molar-refractivity contribution is 5.71. The Balaban J connectivity index is 4.20. The first-order valence-electron chi connectivity index (χ1n) is 34.8. The summed E-state index contributed by atoms with van der Waals surface area (Å²) >= 11 is 0. The molecule has 0 heterocycles. The van der Waals surface area contributed by atoms with Gasteiger partial charge in [-0.1, -0.05) is 326 Å². The summed E-state index contributed by atoms with van der Waals surface area (Å²) in [6.45, 7) is 6.58. The maximum atomic E-state index is 12.9. The molecule has 460 valence electrons. The number of allylic oxidation sites excluding steroid dienone is 10. The van der Waals surface area contributed by atoms with Crippen LogP contribution in [-0.2, 0) is 28.6 Å². The molecule has 0 aromatic rings. The smallest absolute Gasteiger partial charge is 0.306 e. The molecule has 0 saturated heterocycles. The third-order valence-corrected chi connectivity index (χ3v) is 15.5. The number of carbonyl (C=O) groups excluding carboxylic acids is 3. The zero-order chi connectivity index (χ0) is 57.1. The highest BCUT2D eigenvalue weighted by atomic mass is 16.6. The minimum Gasteiger partial charge on any atom is -0.462 e. The molecule has 0 aliphatic carbocycles. The van der Waals surface area contributed by atoms with Crippen LogP contribution in [0.5, 0.6) is 0 Å². The van der Waals surface area contributed by atoms with Crippen molar-refractivity contribution in [1.82, 2.24) is 0 Å². The average Bonchev–Trinajstić information content (AvgIpc) is 3.45. The molecule has 0 aromatic heterocycles. The number of ether oxygens (including phenoxy) is 3. The molecular formula is C73H132O6. The fourth-order valence-corrected chi connectivity index (χ4v) is 10.3. The van der Waals surface area contributed by atoms with E-state index in [-0.39, 0.29) is 31.1 Å². The molecule has 0 spiro atoms. The summed E-state index contributed by atoms with van der Waals surface area (Å²) in [6, 6.07) is 0. The van der Waals surface area contributed by atoms with Crippen LogP contribution in [0.4, 0.5) is 0 Å². The zero-order valence-electron chi connectivity index (χ0n) is 52.9. The highest BCUT2D eigenvalue weighted by Crippen LogP contribution is 2.18. The normalized spacial score (nSPS) is 12.4. The minimum atomic E-state index is -0.772. The molecule has 0 fully saturated rings. The van der Waals surface area contributed by atoms with Crippen molar-refractivity contribution in [3.8, 4) is 0 Å². The molecule has 79 heavy (non-hydrogen) atoms. The van der Waals surface area contributed by atoms with Crippen molar-refractivity contribution in [3.63, 3.8) is 0 Å². The van der Waals surface area contributed by atoms with Crippen molar-refractivity contribution in [2.75, 3.05) is 13.2 Å². The average molecular weight is 1110 g/mol. The summed E-state index contributed by atoms with van der Waals surface area (Å²) < 4.78 is 17.0. The number of rotatable bonds is 64. The number of unbranched alkanes of at least 4 members (excludes halogenated alkanes) is 43. The van der Waals surface area contributed by atoms with Gasteiger partial charge in [-0.25, -0.2) is 0 Å². The topological polar surface area (TPSA) is 78.9 Å². The molecule has 1 atom stereocenters. The molecule has 0 bridgehead atoms. The lowest BCUT2D eigenvalue weighted by Gasteiger charge is -2.18. The van der Waals surface area contributed by atoms with Crippen molar-refractivity contribution < 1.29 is 28.6 Å². The molecule has 6 nitrogen and oxygen atoms in total. The van der Waals surface area contributed by atoms with Crippen LogP contribution < -0.4 is 0 Å². The first kappa shape index (κ1) is 76.1. The molecule has 1 unspecified atom stereocenters. The number of esters is 3. The van der Waals surface area contributed by atoms with Gasteiger partial charge in [0.1, 0.15) is 13.2 Å². The summed E-state index contributed by atoms with van der Waals surface area (Å²) in [5.41, 5.74) is 0. The second-order valence-electron chi connectivity index (χ2n) is 23.4. The van der Waals surface area contributed by atoms with Gasteiger partial charge in [0.05, 0.1) is 0 Å². The van der Waals surface area contributed by atoms with Gasteiger partial charge in [0.2, 0.25) is 0 Å². The van der Waals surface area contributed by atoms with Gasteiger partial charge in [-0.2, -0.15) is 0 Å². The molecule has 0 aromatic carbocycles. The van der Waals surface area contributed by atoms with Crippen LogP contribution in [0.25, 0.3) is 0 Å². The van der Waals surface area contributed by atoms with E-state index in [1.165, 1.54) is 244 Å². The second kappa shape index (κ2) is 67.6. The third-order valence-electron chi connectivity index (χ3n) is 15.5. The fraction of sp³-hybridized carbons (Fsp3) is 0.822. The van der Waals surface area contributed by atoms with Gasteiger partial charge < -0.3 is 14.2 Å². The molecular weight excluding hydrogens is 973 g/mol. The van der Waals surface area contributed by atoms with Crippen molar-refractivity contribution >= 4 is 17.9 Å². The van der Waals surface area contributed by atoms with Gasteiger partial charge in [-0.15, -0.1) is 0 Å². The van der Waals surface area contributed by atoms with Crippen molar-refractivity contribution in [2.45, 2.75) is 374 Å². The molecule has 6 heteroatoms. The van der Waals surface area contributed by atoms with E-state index in [1.807, 2.05) is 0 Å². The van der Waals surface area contributed by atoms with E-state index in [0.717, 1.165) is 83.5 Å². The second-order valence-corrected chi connectivity index (χ2v) is 23.4. The Morgan fingerprint density at radius 1 is 0.266 bits per heavy atom. The van der Waals surface area contributed by atoms with E-state index in [2.05, 4.69) is 81.5 Å². The Labute approximate surface area is 491 Å². The van der Waals surface area contributed by atoms with E-state index in [0.29, 0.717) is 19.3 Å². The maximum absolute atomic E-state index is 12.9. The predicted molar refractivity (Wildman–Crippen MR) is 344 cm³/mol. The first-order chi connectivity index (χ1) is 39.0. The van der Waals surface area contributed by atoms with Gasteiger partial charge in [-0.05, 0) is 83.5 Å². The molecule has 0 aliphatic rings. The molecule has 0 radical (unpaired) electrons. The minimum absolute atomic E-state index is 0.0694. The fourth-order valence-electron chi connectivity index (χ4n) is 10.3. The Hall–Kier alpha value is -2.89. The molecule has 0 rings (SSSR count). The van der Waals surface area contributed by atoms with Gasteiger partial charge in [0, 0.05) is 19.3 Å². The standard InChI is InChI=1S/C73H132O6/c1-4-7-10-13-16-19-22-24-26-28-30-32-34-35-36-37-39-40-42-44-46-48-51-54-57-60-63-66-72(75)78-69-70(68-77-71(74)65-62-59-56-53-50-21-18-15-12-9-6-3)79-73(76)67-64-61-58-55-52-49-47-45-43-41-38-33-31-29-27-25-23-20-17-14-11-8-5-2/h7,10,16,19,24,26,29-32,70H,4-6,8-9,11-15,17-18,20-23,25,27-28,33-69H2,1-3H3/b10-7-,19-16-,26-24-,31-29-,32-30-. The Morgan fingerprint density at radius 3 is 0.785 bits per heavy atom. The largest absolute Gasteiger partial charge is 0.462 e. The maximum Gasteiger partial charge on any atom is 0.306 e. The van der Waals surface area contributed by atoms with Crippen LogP contribution in [-0.4, -0.2) is 37.2 Å². The summed E-state index contributed by atoms with van der Waals surface area (Å²) in [5.74, 6) is -0.849. The van der Waals surface area contributed by atoms with E-state index in [1.54, 1.807) is 0 Å². The van der Waals surface area contributed by atoms with E-state index >= 15 is 0 Å². The lowest BCUT2D eigenvalue weighted by atomic mass is 10.0. The lowest BCUT2D eigenvalue weighted by molar-refractivity contribution is -0.167. The van der Waals surface area contributed by atoms with Crippen LogP contribution in [0.2, 0.25) is 0 Å². The van der Waals surface area contributed by atoms with Crippen LogP contribution in [0.15, 0.2) is 60.8 Å². The Bertz CT molecular complexity index is 1410. The molecule has 0 amide bonds. The van der Waals surface area contributed by atoms with Crippen molar-refractivity contribution in [1.29, 1.82) is 0 Å². The van der Waals surface area contributed by atoms with Gasteiger partial charge in [0.25, 0.3) is 0 Å². The highest BCUT2D eigenvalue weighted by Gasteiger charge is 2.19. The number of hydrogen-bond donors (Lipinski definition) is 0. The number of hydrogen-bond acceptors (Lipinski definition) is 6. The van der Waals surface area contributed by atoms with Crippen molar-refractivity contribution in [2.24, 2.45) is 0 Å². The van der Waals surface area contributed by atoms with Gasteiger partial charge >= 0.3 is 17.9 Å². The van der Waals surface area contributed by atoms with Gasteiger partial charge in [0.15, 0.2) is 6.10 Å². The van der Waals surface area contributed by atoms with E-state index in [9.17, 15) is 14.4 Å². The summed E-state index contributed by atoms with van der Waals surface area (Å²) in [5, 5.41) is 0. The summed E-state index contributed by atoms with van der Waals surface area (Å²) in [6.07, 6.45) is 86.8. The first-order valence-corrected chi connectivity index (χ1v) is 34.8. The van der Waals surface area contributed by atoms with Gasteiger partial charge in [-0.3, -0.25) is 14.4 Å². The molecule has 0 saturated carbocycles. The van der Waals surface area contributed by atoms with E-state index < -0.39 is 6.10 Å². The Kier molecular flexibility index (Phi) is 65.1. The molecule has 0 N–H and O–H groups in total. The lowest BCUT2D eigenvalue weighted by Crippen LogP contribution is -2.30. The van der Waals surface area contributed by atoms with Crippen LogP contribution >= 0.6 is 0 Å². The zero-order valence-corrected chi connectivity index (χ0v) is 52.9. The van der Waals surface area contributed by atoms with E-state index in [4.69, 9.17) is 14.2 Å².